The molecule has 0 aliphatic carbocycles. The van der Waals surface area contributed by atoms with Gasteiger partial charge in [0, 0.05) is 12.6 Å². The minimum Gasteiger partial charge on any atom is -0.468 e. The average Bonchev–Trinajstić information content (AvgIpc) is 2.16. The molecule has 84 valence electrons. The van der Waals surface area contributed by atoms with Gasteiger partial charge in [0.05, 0.1) is 13.7 Å². The van der Waals surface area contributed by atoms with E-state index in [0.717, 1.165) is 0 Å². The number of esters is 1. The molecule has 0 aromatic carbocycles. The van der Waals surface area contributed by atoms with Crippen molar-refractivity contribution in [1.82, 2.24) is 5.32 Å². The zero-order chi connectivity index (χ0) is 11.1. The van der Waals surface area contributed by atoms with Gasteiger partial charge in [-0.15, -0.1) is 0 Å². The van der Waals surface area contributed by atoms with Gasteiger partial charge in [0.25, 0.3) is 0 Å². The second-order valence-corrected chi connectivity index (χ2v) is 4.54. The predicted octanol–water partition coefficient (Wildman–Crippen LogP) is 0.529. The summed E-state index contributed by atoms with van der Waals surface area (Å²) in [6, 6.07) is 0.0136. The summed E-state index contributed by atoms with van der Waals surface area (Å²) in [5.41, 5.74) is 0. The molecule has 0 saturated heterocycles. The fourth-order valence-corrected chi connectivity index (χ4v) is 1.35. The Kier molecular flexibility index (Phi) is 7.13. The number of aliphatic hydroxyl groups excluding tert-OH is 1. The first-order valence-corrected chi connectivity index (χ1v) is 5.50. The van der Waals surface area contributed by atoms with Crippen LogP contribution >= 0.6 is 15.9 Å². The lowest BCUT2D eigenvalue weighted by Crippen LogP contribution is -2.41. The number of rotatable bonds is 6. The first kappa shape index (κ1) is 13.9. The number of carbonyl (C=O) groups excluding carboxylic acids is 1. The van der Waals surface area contributed by atoms with Crippen LogP contribution in [-0.2, 0) is 9.53 Å². The van der Waals surface area contributed by atoms with Crippen LogP contribution in [0.3, 0.4) is 0 Å². The molecule has 14 heavy (non-hydrogen) atoms. The highest BCUT2D eigenvalue weighted by Gasteiger charge is 2.18. The molecule has 0 aliphatic rings. The lowest BCUT2D eigenvalue weighted by atomic mass is 10.1. The second kappa shape index (κ2) is 7.20. The van der Waals surface area contributed by atoms with Crippen molar-refractivity contribution >= 4 is 21.9 Å². The lowest BCUT2D eigenvalue weighted by Gasteiger charge is -2.20. The summed E-state index contributed by atoms with van der Waals surface area (Å²) in [7, 11) is 1.35. The molecular formula is C9H18BrNO3. The van der Waals surface area contributed by atoms with Gasteiger partial charge < -0.3 is 15.2 Å². The molecule has 0 aromatic heterocycles. The van der Waals surface area contributed by atoms with E-state index in [9.17, 15) is 4.79 Å². The van der Waals surface area contributed by atoms with E-state index in [1.807, 2.05) is 13.8 Å². The topological polar surface area (TPSA) is 58.6 Å². The van der Waals surface area contributed by atoms with Crippen LogP contribution < -0.4 is 5.32 Å². The van der Waals surface area contributed by atoms with Crippen molar-refractivity contribution in [3.05, 3.63) is 0 Å². The Morgan fingerprint density at radius 2 is 2.14 bits per heavy atom. The van der Waals surface area contributed by atoms with Crippen LogP contribution in [0, 0.1) is 5.92 Å². The highest BCUT2D eigenvalue weighted by atomic mass is 79.9. The highest BCUT2D eigenvalue weighted by Crippen LogP contribution is 2.04. The van der Waals surface area contributed by atoms with E-state index in [-0.39, 0.29) is 23.4 Å². The van der Waals surface area contributed by atoms with E-state index in [2.05, 4.69) is 26.0 Å². The zero-order valence-corrected chi connectivity index (χ0v) is 10.4. The van der Waals surface area contributed by atoms with Gasteiger partial charge in [0.15, 0.2) is 0 Å². The number of alkyl halides is 1. The van der Waals surface area contributed by atoms with E-state index >= 15 is 0 Å². The van der Waals surface area contributed by atoms with Crippen molar-refractivity contribution in [3.63, 3.8) is 0 Å². The summed E-state index contributed by atoms with van der Waals surface area (Å²) in [6.45, 7) is 4.54. The number of halogens is 1. The molecule has 0 fully saturated rings. The van der Waals surface area contributed by atoms with Crippen molar-refractivity contribution in [1.29, 1.82) is 0 Å². The number of aliphatic hydroxyl groups is 1. The van der Waals surface area contributed by atoms with Crippen LogP contribution in [0.5, 0.6) is 0 Å². The lowest BCUT2D eigenvalue weighted by molar-refractivity contribution is -0.139. The molecule has 0 amide bonds. The third kappa shape index (κ3) is 4.93. The number of hydrogen-bond acceptors (Lipinski definition) is 4. The van der Waals surface area contributed by atoms with Crippen molar-refractivity contribution < 1.29 is 14.6 Å². The number of ether oxygens (including phenoxy) is 1. The number of hydrogen-bond donors (Lipinski definition) is 2. The minimum atomic E-state index is -0.361. The van der Waals surface area contributed by atoms with Crippen molar-refractivity contribution in [2.24, 2.45) is 5.92 Å². The number of carbonyl (C=O) groups is 1. The summed E-state index contributed by atoms with van der Waals surface area (Å²) < 4.78 is 4.55. The van der Waals surface area contributed by atoms with Gasteiger partial charge in [0.2, 0.25) is 0 Å². The van der Waals surface area contributed by atoms with Gasteiger partial charge in [0.1, 0.15) is 4.83 Å². The molecule has 5 heteroatoms. The molecule has 2 atom stereocenters. The molecule has 0 saturated carbocycles. The van der Waals surface area contributed by atoms with E-state index in [0.29, 0.717) is 12.5 Å². The van der Waals surface area contributed by atoms with Gasteiger partial charge in [-0.3, -0.25) is 4.79 Å². The van der Waals surface area contributed by atoms with Gasteiger partial charge in [-0.05, 0) is 5.92 Å². The molecule has 0 rings (SSSR count). The standard InChI is InChI=1S/C9H18BrNO3/c1-6(2)8(5-12)11-4-7(10)9(13)14-3/h6-8,11-12H,4-5H2,1-3H3. The molecular weight excluding hydrogens is 250 g/mol. The molecule has 0 radical (unpaired) electrons. The van der Waals surface area contributed by atoms with Gasteiger partial charge >= 0.3 is 5.97 Å². The third-order valence-corrected chi connectivity index (χ3v) is 2.72. The largest absolute Gasteiger partial charge is 0.468 e. The quantitative estimate of drug-likeness (QED) is 0.545. The van der Waals surface area contributed by atoms with Gasteiger partial charge in [-0.1, -0.05) is 29.8 Å². The fourth-order valence-electron chi connectivity index (χ4n) is 0.977. The Balaban J connectivity index is 3.85. The summed E-state index contributed by atoms with van der Waals surface area (Å²) in [6.07, 6.45) is 0. The van der Waals surface area contributed by atoms with Crippen LogP contribution in [0.4, 0.5) is 0 Å². The molecule has 2 N–H and O–H groups in total. The summed E-state index contributed by atoms with van der Waals surface area (Å²) in [4.78, 5) is 10.7. The van der Waals surface area contributed by atoms with E-state index in [1.54, 1.807) is 0 Å². The highest BCUT2D eigenvalue weighted by molar-refractivity contribution is 9.10. The first-order valence-electron chi connectivity index (χ1n) is 4.59. The smallest absolute Gasteiger partial charge is 0.320 e. The Morgan fingerprint density at radius 3 is 2.50 bits per heavy atom. The van der Waals surface area contributed by atoms with E-state index in [4.69, 9.17) is 5.11 Å². The monoisotopic (exact) mass is 267 g/mol. The molecule has 0 aromatic rings. The van der Waals surface area contributed by atoms with E-state index in [1.165, 1.54) is 7.11 Å². The predicted molar refractivity (Wildman–Crippen MR) is 58.4 cm³/mol. The summed E-state index contributed by atoms with van der Waals surface area (Å²) in [5.74, 6) is 0.0234. The molecule has 0 bridgehead atoms. The molecule has 4 nitrogen and oxygen atoms in total. The Bertz CT molecular complexity index is 175. The Hall–Kier alpha value is -0.130. The van der Waals surface area contributed by atoms with Crippen molar-refractivity contribution in [3.8, 4) is 0 Å². The van der Waals surface area contributed by atoms with Crippen LogP contribution in [0.1, 0.15) is 13.8 Å². The second-order valence-electron chi connectivity index (χ2n) is 3.43. The van der Waals surface area contributed by atoms with Crippen LogP contribution in [0.2, 0.25) is 0 Å². The molecule has 2 unspecified atom stereocenters. The first-order chi connectivity index (χ1) is 6.52. The summed E-state index contributed by atoms with van der Waals surface area (Å²) in [5, 5.41) is 12.1. The van der Waals surface area contributed by atoms with Crippen molar-refractivity contribution in [2.75, 3.05) is 20.3 Å². The maximum atomic E-state index is 11.0. The minimum absolute atomic E-state index is 0.0136. The summed E-state index contributed by atoms with van der Waals surface area (Å²) >= 11 is 3.19. The fraction of sp³-hybridized carbons (Fsp3) is 0.889. The van der Waals surface area contributed by atoms with Gasteiger partial charge in [-0.25, -0.2) is 0 Å². The SMILES string of the molecule is COC(=O)C(Br)CNC(CO)C(C)C. The third-order valence-electron chi connectivity index (χ3n) is 2.02. The molecule has 0 spiro atoms. The Labute approximate surface area is 93.1 Å². The number of methoxy groups -OCH3 is 1. The van der Waals surface area contributed by atoms with Crippen molar-refractivity contribution in [2.45, 2.75) is 24.7 Å². The Morgan fingerprint density at radius 1 is 1.57 bits per heavy atom. The molecule has 0 aliphatic heterocycles. The van der Waals surface area contributed by atoms with Crippen LogP contribution in [0.15, 0.2) is 0 Å². The maximum absolute atomic E-state index is 11.0. The van der Waals surface area contributed by atoms with Crippen LogP contribution in [-0.4, -0.2) is 42.2 Å². The van der Waals surface area contributed by atoms with Crippen LogP contribution in [0.25, 0.3) is 0 Å². The van der Waals surface area contributed by atoms with E-state index < -0.39 is 0 Å². The molecule has 0 heterocycles. The van der Waals surface area contributed by atoms with Gasteiger partial charge in [-0.2, -0.15) is 0 Å². The average molecular weight is 268 g/mol. The number of nitrogens with one attached hydrogen (secondary N) is 1. The zero-order valence-electron chi connectivity index (χ0n) is 8.79. The normalized spacial score (nSPS) is 15.3. The maximum Gasteiger partial charge on any atom is 0.320 e.